The molecular weight excluding hydrogens is 354 g/mol. The van der Waals surface area contributed by atoms with Crippen LogP contribution in [0.2, 0.25) is 0 Å². The summed E-state index contributed by atoms with van der Waals surface area (Å²) >= 11 is 1.48. The topological polar surface area (TPSA) is 101 Å². The molecule has 2 N–H and O–H groups in total. The number of hydrogen-bond donors (Lipinski definition) is 2. The molecule has 1 aliphatic rings. The highest BCUT2D eigenvalue weighted by Crippen LogP contribution is 2.32. The van der Waals surface area contributed by atoms with Crippen molar-refractivity contribution < 1.29 is 14.5 Å². The van der Waals surface area contributed by atoms with Gasteiger partial charge in [-0.25, -0.2) is 0 Å². The van der Waals surface area contributed by atoms with E-state index in [0.29, 0.717) is 16.4 Å². The van der Waals surface area contributed by atoms with Gasteiger partial charge in [0.2, 0.25) is 5.91 Å². The predicted molar refractivity (Wildman–Crippen MR) is 97.9 cm³/mol. The number of nitrogens with one attached hydrogen (secondary N) is 2. The second-order valence-corrected chi connectivity index (χ2v) is 7.65. The van der Waals surface area contributed by atoms with Crippen LogP contribution in [0.5, 0.6) is 0 Å². The number of thiophene rings is 1. The third-order valence-electron chi connectivity index (χ3n) is 4.38. The molecule has 0 spiro atoms. The lowest BCUT2D eigenvalue weighted by molar-refractivity contribution is -0.384. The highest BCUT2D eigenvalue weighted by atomic mass is 32.1. The van der Waals surface area contributed by atoms with E-state index in [2.05, 4.69) is 17.8 Å². The molecule has 0 aliphatic heterocycles. The maximum atomic E-state index is 12.2. The Hall–Kier alpha value is -2.74. The summed E-state index contributed by atoms with van der Waals surface area (Å²) in [6, 6.07) is 7.65. The van der Waals surface area contributed by atoms with Gasteiger partial charge in [-0.05, 0) is 42.4 Å². The number of carbonyl (C=O) groups excluding carboxylic acids is 2. The fraction of sp³-hybridized carbons (Fsp3) is 0.333. The van der Waals surface area contributed by atoms with Gasteiger partial charge in [-0.3, -0.25) is 30.6 Å². The Kier molecular flexibility index (Phi) is 5.32. The molecule has 7 nitrogen and oxygen atoms in total. The molecule has 0 bridgehead atoms. The summed E-state index contributed by atoms with van der Waals surface area (Å²) in [5.41, 5.74) is 6.65. The fourth-order valence-electron chi connectivity index (χ4n) is 2.97. The molecule has 0 saturated carbocycles. The number of amides is 2. The van der Waals surface area contributed by atoms with Crippen LogP contribution in [-0.2, 0) is 24.1 Å². The summed E-state index contributed by atoms with van der Waals surface area (Å²) < 4.78 is 0. The van der Waals surface area contributed by atoms with Crippen LogP contribution < -0.4 is 10.9 Å². The molecule has 2 amide bonds. The van der Waals surface area contributed by atoms with Gasteiger partial charge in [0.25, 0.3) is 11.6 Å². The molecule has 136 valence electrons. The normalized spacial score (nSPS) is 15.8. The van der Waals surface area contributed by atoms with Crippen molar-refractivity contribution in [3.8, 4) is 0 Å². The molecule has 1 heterocycles. The highest BCUT2D eigenvalue weighted by Gasteiger charge is 2.20. The fourth-order valence-corrected chi connectivity index (χ4v) is 4.07. The quantitative estimate of drug-likeness (QED) is 0.635. The number of non-ortho nitro benzene ring substituents is 1. The second-order valence-electron chi connectivity index (χ2n) is 6.51. The third-order valence-corrected chi connectivity index (χ3v) is 5.62. The number of hydrazine groups is 1. The number of nitrogens with zero attached hydrogens (tertiary/aromatic N) is 1. The van der Waals surface area contributed by atoms with E-state index in [9.17, 15) is 19.7 Å². The van der Waals surface area contributed by atoms with Crippen LogP contribution in [0.15, 0.2) is 30.3 Å². The van der Waals surface area contributed by atoms with Crippen molar-refractivity contribution in [1.82, 2.24) is 10.9 Å². The van der Waals surface area contributed by atoms with Crippen molar-refractivity contribution in [2.45, 2.75) is 32.6 Å². The Balaban J connectivity index is 1.52. The van der Waals surface area contributed by atoms with Crippen LogP contribution >= 0.6 is 11.3 Å². The standard InChI is InChI=1S/C18H19N3O4S/c1-11-2-7-15-13(8-11)10-16(26-15)18(23)20-19-17(22)9-12-3-5-14(6-4-12)21(24)25/h3-6,10-11H,2,7-9H2,1H3,(H,19,22)(H,20,23)/t11-/m1/s1. The number of aryl methyl sites for hydroxylation is 1. The Bertz CT molecular complexity index is 845. The van der Waals surface area contributed by atoms with Gasteiger partial charge in [0.05, 0.1) is 16.2 Å². The number of benzene rings is 1. The van der Waals surface area contributed by atoms with Crippen LogP contribution in [0, 0.1) is 16.0 Å². The maximum Gasteiger partial charge on any atom is 0.279 e. The van der Waals surface area contributed by atoms with E-state index in [1.165, 1.54) is 46.0 Å². The molecule has 1 aromatic heterocycles. The minimum Gasteiger partial charge on any atom is -0.273 e. The molecule has 0 saturated heterocycles. The minimum atomic E-state index is -0.495. The highest BCUT2D eigenvalue weighted by molar-refractivity contribution is 7.14. The van der Waals surface area contributed by atoms with Gasteiger partial charge >= 0.3 is 0 Å². The van der Waals surface area contributed by atoms with Crippen molar-refractivity contribution in [2.24, 2.45) is 5.92 Å². The van der Waals surface area contributed by atoms with Crippen LogP contribution in [0.25, 0.3) is 0 Å². The smallest absolute Gasteiger partial charge is 0.273 e. The molecule has 0 unspecified atom stereocenters. The summed E-state index contributed by atoms with van der Waals surface area (Å²) in [5, 5.41) is 10.6. The van der Waals surface area contributed by atoms with E-state index < -0.39 is 4.92 Å². The number of carbonyl (C=O) groups is 2. The summed E-state index contributed by atoms with van der Waals surface area (Å²) in [6.45, 7) is 2.21. The van der Waals surface area contributed by atoms with Gasteiger partial charge in [-0.1, -0.05) is 19.1 Å². The number of nitro groups is 1. The summed E-state index contributed by atoms with van der Waals surface area (Å²) in [6.07, 6.45) is 3.16. The number of nitro benzene ring substituents is 1. The molecule has 2 aromatic rings. The van der Waals surface area contributed by atoms with Crippen LogP contribution in [0.3, 0.4) is 0 Å². The zero-order chi connectivity index (χ0) is 18.7. The SMILES string of the molecule is C[C@@H]1CCc2sc(C(=O)NNC(=O)Cc3ccc([N+](=O)[O-])cc3)cc2C1. The zero-order valence-electron chi connectivity index (χ0n) is 14.3. The summed E-state index contributed by atoms with van der Waals surface area (Å²) in [7, 11) is 0. The molecule has 3 rings (SSSR count). The number of hydrogen-bond acceptors (Lipinski definition) is 5. The molecular formula is C18H19N3O4S. The average Bonchev–Trinajstić information content (AvgIpc) is 3.03. The zero-order valence-corrected chi connectivity index (χ0v) is 15.1. The first-order valence-electron chi connectivity index (χ1n) is 8.36. The van der Waals surface area contributed by atoms with E-state index >= 15 is 0 Å². The molecule has 1 aromatic carbocycles. The Morgan fingerprint density at radius 1 is 1.27 bits per heavy atom. The Labute approximate surface area is 154 Å². The lowest BCUT2D eigenvalue weighted by atomic mass is 9.90. The Morgan fingerprint density at radius 2 is 2.00 bits per heavy atom. The Morgan fingerprint density at radius 3 is 2.69 bits per heavy atom. The van der Waals surface area contributed by atoms with Crippen molar-refractivity contribution in [3.63, 3.8) is 0 Å². The minimum absolute atomic E-state index is 0.0245. The molecule has 8 heteroatoms. The van der Waals surface area contributed by atoms with Gasteiger partial charge in [-0.2, -0.15) is 0 Å². The van der Waals surface area contributed by atoms with Crippen molar-refractivity contribution >= 4 is 28.8 Å². The molecule has 1 atom stereocenters. The predicted octanol–water partition coefficient (Wildman–Crippen LogP) is 2.78. The van der Waals surface area contributed by atoms with Gasteiger partial charge in [0.15, 0.2) is 0 Å². The maximum absolute atomic E-state index is 12.2. The lowest BCUT2D eigenvalue weighted by Gasteiger charge is -2.16. The van der Waals surface area contributed by atoms with E-state index in [4.69, 9.17) is 0 Å². The molecule has 0 fully saturated rings. The number of rotatable bonds is 4. The lowest BCUT2D eigenvalue weighted by Crippen LogP contribution is -2.42. The van der Waals surface area contributed by atoms with Gasteiger partial charge in [-0.15, -0.1) is 11.3 Å². The first kappa shape index (κ1) is 18.1. The van der Waals surface area contributed by atoms with E-state index in [-0.39, 0.29) is 23.9 Å². The number of fused-ring (bicyclic) bond motifs is 1. The monoisotopic (exact) mass is 373 g/mol. The van der Waals surface area contributed by atoms with E-state index in [1.54, 1.807) is 0 Å². The average molecular weight is 373 g/mol. The van der Waals surface area contributed by atoms with Crippen molar-refractivity contribution in [3.05, 3.63) is 61.3 Å². The molecule has 26 heavy (non-hydrogen) atoms. The summed E-state index contributed by atoms with van der Waals surface area (Å²) in [5.74, 6) is -0.0781. The van der Waals surface area contributed by atoms with E-state index in [0.717, 1.165) is 19.3 Å². The van der Waals surface area contributed by atoms with Crippen LogP contribution in [0.1, 0.15) is 39.0 Å². The van der Waals surface area contributed by atoms with Gasteiger partial charge in [0, 0.05) is 17.0 Å². The largest absolute Gasteiger partial charge is 0.279 e. The van der Waals surface area contributed by atoms with Crippen molar-refractivity contribution in [1.29, 1.82) is 0 Å². The molecule has 1 aliphatic carbocycles. The van der Waals surface area contributed by atoms with Crippen LogP contribution in [-0.4, -0.2) is 16.7 Å². The van der Waals surface area contributed by atoms with Gasteiger partial charge < -0.3 is 0 Å². The third kappa shape index (κ3) is 4.26. The van der Waals surface area contributed by atoms with E-state index in [1.807, 2.05) is 6.07 Å². The first-order chi connectivity index (χ1) is 12.4. The first-order valence-corrected chi connectivity index (χ1v) is 9.18. The van der Waals surface area contributed by atoms with Crippen molar-refractivity contribution in [2.75, 3.05) is 0 Å². The second kappa shape index (κ2) is 7.65. The molecule has 0 radical (unpaired) electrons. The van der Waals surface area contributed by atoms with Crippen LogP contribution in [0.4, 0.5) is 5.69 Å². The summed E-state index contributed by atoms with van der Waals surface area (Å²) in [4.78, 5) is 36.2. The van der Waals surface area contributed by atoms with Gasteiger partial charge in [0.1, 0.15) is 0 Å².